The highest BCUT2D eigenvalue weighted by atomic mass is 32.2. The Balaban J connectivity index is 3.74. The summed E-state index contributed by atoms with van der Waals surface area (Å²) in [5.41, 5.74) is 0. The summed E-state index contributed by atoms with van der Waals surface area (Å²) in [6.45, 7) is 5.08. The zero-order valence-corrected chi connectivity index (χ0v) is 19.6. The molecule has 0 aromatic heterocycles. The van der Waals surface area contributed by atoms with Crippen LogP contribution in [0.4, 0.5) is 0 Å². The van der Waals surface area contributed by atoms with Gasteiger partial charge in [0.2, 0.25) is 0 Å². The summed E-state index contributed by atoms with van der Waals surface area (Å²) in [6.07, 6.45) is 17.2. The first kappa shape index (κ1) is 27.5. The molecule has 0 saturated carbocycles. The van der Waals surface area contributed by atoms with E-state index in [1.165, 1.54) is 77.0 Å². The minimum absolute atomic E-state index is 0.145. The van der Waals surface area contributed by atoms with Crippen molar-refractivity contribution in [1.82, 2.24) is 0 Å². The Kier molecular flexibility index (Phi) is 20.1. The van der Waals surface area contributed by atoms with Crippen molar-refractivity contribution in [3.05, 3.63) is 0 Å². The van der Waals surface area contributed by atoms with E-state index in [1.54, 1.807) is 11.8 Å². The summed E-state index contributed by atoms with van der Waals surface area (Å²) >= 11 is 1.78. The van der Waals surface area contributed by atoms with Crippen LogP contribution in [-0.4, -0.2) is 40.2 Å². The maximum atomic E-state index is 11.3. The van der Waals surface area contributed by atoms with E-state index in [-0.39, 0.29) is 12.3 Å². The van der Waals surface area contributed by atoms with Crippen molar-refractivity contribution in [3.8, 4) is 0 Å². The summed E-state index contributed by atoms with van der Waals surface area (Å²) in [5, 5.41) is 0. The van der Waals surface area contributed by atoms with E-state index < -0.39 is 7.60 Å². The first-order valence-electron chi connectivity index (χ1n) is 11.2. The Labute approximate surface area is 172 Å². The van der Waals surface area contributed by atoms with Crippen molar-refractivity contribution in [2.24, 2.45) is 0 Å². The van der Waals surface area contributed by atoms with Gasteiger partial charge in [0.1, 0.15) is 0 Å². The summed E-state index contributed by atoms with van der Waals surface area (Å²) < 4.78 is 17.2. The van der Waals surface area contributed by atoms with Gasteiger partial charge in [-0.15, -0.1) is 0 Å². The van der Waals surface area contributed by atoms with Gasteiger partial charge in [0.15, 0.2) is 0 Å². The van der Waals surface area contributed by atoms with Gasteiger partial charge in [0.25, 0.3) is 0 Å². The third kappa shape index (κ3) is 22.6. The van der Waals surface area contributed by atoms with Crippen LogP contribution >= 0.6 is 19.4 Å². The first-order chi connectivity index (χ1) is 13.0. The van der Waals surface area contributed by atoms with Crippen molar-refractivity contribution in [3.63, 3.8) is 0 Å². The van der Waals surface area contributed by atoms with Crippen molar-refractivity contribution in [2.45, 2.75) is 110 Å². The van der Waals surface area contributed by atoms with Crippen LogP contribution in [0.2, 0.25) is 0 Å². The Morgan fingerprint density at radius 1 is 0.778 bits per heavy atom. The number of hydrogen-bond donors (Lipinski definition) is 2. The van der Waals surface area contributed by atoms with Crippen LogP contribution in [0.25, 0.3) is 0 Å². The first-order valence-corrected chi connectivity index (χ1v) is 14.2. The molecule has 0 bridgehead atoms. The van der Waals surface area contributed by atoms with Gasteiger partial charge in [-0.05, 0) is 18.6 Å². The third-order valence-electron chi connectivity index (χ3n) is 4.74. The molecule has 164 valence electrons. The molecule has 0 spiro atoms. The molecule has 27 heavy (non-hydrogen) atoms. The molecule has 0 fully saturated rings. The summed E-state index contributed by atoms with van der Waals surface area (Å²) in [4.78, 5) is 18.6. The second-order valence-electron chi connectivity index (χ2n) is 7.66. The molecule has 4 nitrogen and oxygen atoms in total. The molecule has 0 rings (SSSR count). The van der Waals surface area contributed by atoms with Gasteiger partial charge >= 0.3 is 7.60 Å². The number of ether oxygens (including phenoxy) is 1. The average Bonchev–Trinajstić information content (AvgIpc) is 2.61. The van der Waals surface area contributed by atoms with E-state index >= 15 is 0 Å². The van der Waals surface area contributed by atoms with E-state index in [0.29, 0.717) is 12.4 Å². The molecule has 1 atom stereocenters. The maximum Gasteiger partial charge on any atom is 0.328 e. The standard InChI is InChI=1S/C21H45O4PS/c1-3-5-7-9-11-12-13-15-17-25-21(19-26(22,23)24)20-27-18-16-14-10-8-6-4-2/h21H,3-20H2,1-2H3,(H2,22,23,24). The van der Waals surface area contributed by atoms with Gasteiger partial charge in [-0.2, -0.15) is 11.8 Å². The van der Waals surface area contributed by atoms with E-state index in [4.69, 9.17) is 4.74 Å². The van der Waals surface area contributed by atoms with Gasteiger partial charge in [0.05, 0.1) is 12.3 Å². The molecular formula is C21H45O4PS. The number of thioether (sulfide) groups is 1. The average molecular weight is 425 g/mol. The van der Waals surface area contributed by atoms with Crippen LogP contribution in [0.5, 0.6) is 0 Å². The lowest BCUT2D eigenvalue weighted by atomic mass is 10.1. The number of unbranched alkanes of at least 4 members (excludes halogenated alkanes) is 12. The molecule has 0 saturated heterocycles. The van der Waals surface area contributed by atoms with Crippen LogP contribution in [0.15, 0.2) is 0 Å². The molecule has 0 amide bonds. The third-order valence-corrected chi connectivity index (χ3v) is 6.81. The molecule has 0 aromatic rings. The summed E-state index contributed by atoms with van der Waals surface area (Å²) in [7, 11) is -4.01. The predicted molar refractivity (Wildman–Crippen MR) is 120 cm³/mol. The Bertz CT molecular complexity index is 349. The Hall–Kier alpha value is 0.460. The zero-order chi connectivity index (χ0) is 20.2. The highest BCUT2D eigenvalue weighted by molar-refractivity contribution is 7.99. The fourth-order valence-electron chi connectivity index (χ4n) is 3.10. The lowest BCUT2D eigenvalue weighted by molar-refractivity contribution is 0.0774. The lowest BCUT2D eigenvalue weighted by Gasteiger charge is -2.18. The van der Waals surface area contributed by atoms with Gasteiger partial charge in [-0.25, -0.2) is 0 Å². The van der Waals surface area contributed by atoms with Gasteiger partial charge in [-0.1, -0.05) is 90.9 Å². The van der Waals surface area contributed by atoms with E-state index in [0.717, 1.165) is 18.6 Å². The molecule has 0 aromatic carbocycles. The van der Waals surface area contributed by atoms with Crippen molar-refractivity contribution in [1.29, 1.82) is 0 Å². The Morgan fingerprint density at radius 2 is 1.26 bits per heavy atom. The summed E-state index contributed by atoms with van der Waals surface area (Å²) in [5.74, 6) is 1.75. The van der Waals surface area contributed by atoms with E-state index in [1.807, 2.05) is 0 Å². The van der Waals surface area contributed by atoms with E-state index in [9.17, 15) is 14.4 Å². The van der Waals surface area contributed by atoms with Crippen LogP contribution < -0.4 is 0 Å². The predicted octanol–water partition coefficient (Wildman–Crippen LogP) is 6.78. The molecule has 1 unspecified atom stereocenters. The summed E-state index contributed by atoms with van der Waals surface area (Å²) in [6, 6.07) is 0. The molecule has 0 radical (unpaired) electrons. The second kappa shape index (κ2) is 19.8. The molecule has 2 N–H and O–H groups in total. The molecule has 0 aliphatic carbocycles. The maximum absolute atomic E-state index is 11.3. The van der Waals surface area contributed by atoms with E-state index in [2.05, 4.69) is 13.8 Å². The molecule has 0 aliphatic rings. The second-order valence-corrected chi connectivity index (χ2v) is 10.5. The smallest absolute Gasteiger partial charge is 0.328 e. The monoisotopic (exact) mass is 424 g/mol. The topological polar surface area (TPSA) is 66.8 Å². The molecule has 0 heterocycles. The quantitative estimate of drug-likeness (QED) is 0.157. The van der Waals surface area contributed by atoms with Crippen LogP contribution in [-0.2, 0) is 9.30 Å². The highest BCUT2D eigenvalue weighted by Crippen LogP contribution is 2.36. The number of rotatable bonds is 21. The van der Waals surface area contributed by atoms with Gasteiger partial charge in [-0.3, -0.25) is 4.57 Å². The minimum Gasteiger partial charge on any atom is -0.377 e. The zero-order valence-electron chi connectivity index (χ0n) is 17.9. The highest BCUT2D eigenvalue weighted by Gasteiger charge is 2.22. The largest absolute Gasteiger partial charge is 0.377 e. The Morgan fingerprint density at radius 3 is 1.78 bits per heavy atom. The lowest BCUT2D eigenvalue weighted by Crippen LogP contribution is -2.22. The molecule has 6 heteroatoms. The number of hydrogen-bond acceptors (Lipinski definition) is 3. The van der Waals surface area contributed by atoms with Crippen LogP contribution in [0.1, 0.15) is 104 Å². The van der Waals surface area contributed by atoms with Crippen LogP contribution in [0, 0.1) is 0 Å². The fourth-order valence-corrected chi connectivity index (χ4v) is 5.10. The SMILES string of the molecule is CCCCCCCCCCOC(CSCCCCCCCC)CP(=O)(O)O. The molecular weight excluding hydrogens is 379 g/mol. The minimum atomic E-state index is -4.01. The normalized spacial score (nSPS) is 13.2. The fraction of sp³-hybridized carbons (Fsp3) is 1.00. The van der Waals surface area contributed by atoms with Gasteiger partial charge < -0.3 is 14.5 Å². The van der Waals surface area contributed by atoms with Crippen molar-refractivity contribution >= 4 is 19.4 Å². The van der Waals surface area contributed by atoms with Gasteiger partial charge in [0, 0.05) is 12.4 Å². The van der Waals surface area contributed by atoms with Crippen molar-refractivity contribution in [2.75, 3.05) is 24.3 Å². The molecule has 0 aliphatic heterocycles. The van der Waals surface area contributed by atoms with Crippen LogP contribution in [0.3, 0.4) is 0 Å². The van der Waals surface area contributed by atoms with Crippen molar-refractivity contribution < 1.29 is 19.1 Å².